The van der Waals surface area contributed by atoms with Crippen LogP contribution in [-0.4, -0.2) is 11.4 Å². The SMILES string of the molecule is c1ccc2c(c1)C1CCCCC13ON1c4ccccc4C4CCCCC41ON23. The second-order valence-corrected chi connectivity index (χ2v) is 9.18. The van der Waals surface area contributed by atoms with Gasteiger partial charge in [0.25, 0.3) is 0 Å². The molecule has 2 aliphatic carbocycles. The summed E-state index contributed by atoms with van der Waals surface area (Å²) in [5, 5.41) is 4.43. The highest BCUT2D eigenvalue weighted by atomic mass is 16.9. The number of para-hydroxylation sites is 2. The molecule has 0 amide bonds. The number of hydrogen-bond donors (Lipinski definition) is 0. The highest BCUT2D eigenvalue weighted by molar-refractivity contribution is 5.66. The van der Waals surface area contributed by atoms with E-state index >= 15 is 0 Å². The van der Waals surface area contributed by atoms with Crippen molar-refractivity contribution in [3.63, 3.8) is 0 Å². The molecule has 28 heavy (non-hydrogen) atoms. The van der Waals surface area contributed by atoms with Gasteiger partial charge in [-0.05, 0) is 48.9 Å². The van der Waals surface area contributed by atoms with Gasteiger partial charge in [-0.1, -0.05) is 49.2 Å². The van der Waals surface area contributed by atoms with Crippen LogP contribution in [0.5, 0.6) is 0 Å². The first kappa shape index (κ1) is 15.8. The van der Waals surface area contributed by atoms with Crippen LogP contribution in [0.15, 0.2) is 48.5 Å². The van der Waals surface area contributed by atoms with E-state index in [1.165, 1.54) is 61.0 Å². The third-order valence-corrected chi connectivity index (χ3v) is 7.89. The minimum absolute atomic E-state index is 0.379. The molecule has 0 radical (unpaired) electrons. The summed E-state index contributed by atoms with van der Waals surface area (Å²) in [6.45, 7) is 0. The predicted octanol–water partition coefficient (Wildman–Crippen LogP) is 5.61. The molecule has 144 valence electrons. The maximum Gasteiger partial charge on any atom is 0.198 e. The van der Waals surface area contributed by atoms with Gasteiger partial charge in [0.05, 0.1) is 11.4 Å². The number of anilines is 2. The Balaban J connectivity index is 1.43. The Labute approximate surface area is 165 Å². The van der Waals surface area contributed by atoms with Gasteiger partial charge in [-0.25, -0.2) is 19.8 Å². The Hall–Kier alpha value is -2.04. The maximum absolute atomic E-state index is 7.13. The number of fused-ring (bicyclic) bond motifs is 6. The zero-order valence-corrected chi connectivity index (χ0v) is 16.1. The lowest BCUT2D eigenvalue weighted by Crippen LogP contribution is -2.70. The standard InChI is InChI=1S/C24H26N2O2/c1-3-13-21-17(9-1)19-11-5-7-15-23(19)25(21)28-24-16-8-6-12-20(24)18-10-2-4-14-22(18)26(24)27-23/h1-4,9-10,13-14,19-20H,5-8,11-12,15-16H2. The molecular formula is C24H26N2O2. The van der Waals surface area contributed by atoms with Crippen LogP contribution in [0.3, 0.4) is 0 Å². The summed E-state index contributed by atoms with van der Waals surface area (Å²) in [7, 11) is 0. The Morgan fingerprint density at radius 3 is 1.61 bits per heavy atom. The molecule has 1 saturated heterocycles. The van der Waals surface area contributed by atoms with Gasteiger partial charge in [-0.3, -0.25) is 0 Å². The van der Waals surface area contributed by atoms with Crippen molar-refractivity contribution >= 4 is 11.4 Å². The summed E-state index contributed by atoms with van der Waals surface area (Å²) in [5.74, 6) is 0.759. The van der Waals surface area contributed by atoms with Gasteiger partial charge in [-0.2, -0.15) is 0 Å². The first-order valence-corrected chi connectivity index (χ1v) is 11.0. The van der Waals surface area contributed by atoms with E-state index in [0.29, 0.717) is 11.8 Å². The fraction of sp³-hybridized carbons (Fsp3) is 0.500. The summed E-state index contributed by atoms with van der Waals surface area (Å²) in [6.07, 6.45) is 9.29. The molecule has 4 atom stereocenters. The van der Waals surface area contributed by atoms with Crippen LogP contribution in [0.1, 0.15) is 74.3 Å². The van der Waals surface area contributed by atoms with E-state index in [-0.39, 0.29) is 0 Å². The predicted molar refractivity (Wildman–Crippen MR) is 108 cm³/mol. The second kappa shape index (κ2) is 5.31. The van der Waals surface area contributed by atoms with Crippen molar-refractivity contribution < 1.29 is 9.68 Å². The first-order chi connectivity index (χ1) is 13.8. The van der Waals surface area contributed by atoms with E-state index in [2.05, 4.69) is 58.7 Å². The number of benzene rings is 2. The van der Waals surface area contributed by atoms with Gasteiger partial charge in [0, 0.05) is 24.7 Å². The molecule has 0 N–H and O–H groups in total. The molecule has 0 bridgehead atoms. The third-order valence-electron chi connectivity index (χ3n) is 7.89. The van der Waals surface area contributed by atoms with Crippen molar-refractivity contribution in [2.75, 3.05) is 10.1 Å². The Kier molecular flexibility index (Phi) is 3.00. The van der Waals surface area contributed by atoms with Crippen LogP contribution in [0.4, 0.5) is 11.4 Å². The molecule has 2 saturated carbocycles. The third kappa shape index (κ3) is 1.71. The molecule has 2 spiro atoms. The van der Waals surface area contributed by atoms with E-state index in [1.807, 2.05) is 0 Å². The van der Waals surface area contributed by atoms with Gasteiger partial charge in [0.1, 0.15) is 0 Å². The largest absolute Gasteiger partial charge is 0.239 e. The number of hydroxylamine groups is 2. The lowest BCUT2D eigenvalue weighted by Gasteiger charge is -2.58. The molecule has 0 aromatic heterocycles. The van der Waals surface area contributed by atoms with Crippen LogP contribution >= 0.6 is 0 Å². The van der Waals surface area contributed by atoms with E-state index < -0.39 is 11.4 Å². The minimum Gasteiger partial charge on any atom is -0.239 e. The monoisotopic (exact) mass is 374 g/mol. The molecule has 2 aromatic carbocycles. The molecular weight excluding hydrogens is 348 g/mol. The van der Waals surface area contributed by atoms with Crippen molar-refractivity contribution in [1.29, 1.82) is 0 Å². The van der Waals surface area contributed by atoms with Crippen LogP contribution in [-0.2, 0) is 9.68 Å². The highest BCUT2D eigenvalue weighted by Crippen LogP contribution is 2.64. The number of rotatable bonds is 0. The summed E-state index contributed by atoms with van der Waals surface area (Å²) in [5.41, 5.74) is 4.47. The van der Waals surface area contributed by atoms with Gasteiger partial charge in [0.15, 0.2) is 11.4 Å². The second-order valence-electron chi connectivity index (χ2n) is 9.18. The van der Waals surface area contributed by atoms with Crippen LogP contribution in [0.25, 0.3) is 0 Å². The minimum atomic E-state index is -0.396. The average molecular weight is 374 g/mol. The van der Waals surface area contributed by atoms with E-state index in [9.17, 15) is 0 Å². The van der Waals surface area contributed by atoms with Gasteiger partial charge >= 0.3 is 0 Å². The molecule has 3 aliphatic heterocycles. The molecule has 4 heteroatoms. The van der Waals surface area contributed by atoms with Gasteiger partial charge < -0.3 is 0 Å². The van der Waals surface area contributed by atoms with Crippen LogP contribution < -0.4 is 10.1 Å². The smallest absolute Gasteiger partial charge is 0.198 e. The molecule has 3 fully saturated rings. The van der Waals surface area contributed by atoms with Crippen molar-refractivity contribution in [3.8, 4) is 0 Å². The quantitative estimate of drug-likeness (QED) is 0.598. The zero-order valence-electron chi connectivity index (χ0n) is 16.1. The number of hydrogen-bond acceptors (Lipinski definition) is 4. The van der Waals surface area contributed by atoms with Crippen molar-refractivity contribution in [1.82, 2.24) is 0 Å². The summed E-state index contributed by atoms with van der Waals surface area (Å²) in [4.78, 5) is 14.3. The first-order valence-electron chi connectivity index (χ1n) is 11.0. The Morgan fingerprint density at radius 2 is 1.11 bits per heavy atom. The molecule has 3 heterocycles. The lowest BCUT2D eigenvalue weighted by atomic mass is 9.78. The Bertz CT molecular complexity index is 884. The van der Waals surface area contributed by atoms with Gasteiger partial charge in [0.2, 0.25) is 0 Å². The maximum atomic E-state index is 7.13. The molecule has 4 nitrogen and oxygen atoms in total. The van der Waals surface area contributed by atoms with E-state index in [1.54, 1.807) is 0 Å². The van der Waals surface area contributed by atoms with Crippen molar-refractivity contribution in [2.45, 2.75) is 74.7 Å². The average Bonchev–Trinajstić information content (AvgIpc) is 3.19. The van der Waals surface area contributed by atoms with E-state index in [0.717, 1.165) is 12.8 Å². The fourth-order valence-corrected chi connectivity index (χ4v) is 6.74. The molecule has 4 unspecified atom stereocenters. The number of nitrogens with zero attached hydrogens (tertiary/aromatic N) is 2. The topological polar surface area (TPSA) is 24.9 Å². The molecule has 2 aromatic rings. The molecule has 5 aliphatic rings. The Morgan fingerprint density at radius 1 is 0.643 bits per heavy atom. The highest BCUT2D eigenvalue weighted by Gasteiger charge is 2.67. The fourth-order valence-electron chi connectivity index (χ4n) is 6.74. The summed E-state index contributed by atoms with van der Waals surface area (Å²) < 4.78 is 0. The zero-order chi connectivity index (χ0) is 18.3. The van der Waals surface area contributed by atoms with Gasteiger partial charge in [-0.15, -0.1) is 0 Å². The van der Waals surface area contributed by atoms with E-state index in [4.69, 9.17) is 9.68 Å². The van der Waals surface area contributed by atoms with Crippen LogP contribution in [0, 0.1) is 0 Å². The molecule has 7 rings (SSSR count). The van der Waals surface area contributed by atoms with Crippen molar-refractivity contribution in [2.24, 2.45) is 0 Å². The summed E-state index contributed by atoms with van der Waals surface area (Å²) >= 11 is 0. The summed E-state index contributed by atoms with van der Waals surface area (Å²) in [6, 6.07) is 17.6. The normalized spacial score (nSPS) is 37.4. The lowest BCUT2D eigenvalue weighted by molar-refractivity contribution is -0.282. The van der Waals surface area contributed by atoms with Crippen molar-refractivity contribution in [3.05, 3.63) is 59.7 Å². The van der Waals surface area contributed by atoms with Crippen LogP contribution in [0.2, 0.25) is 0 Å².